The molecule has 3 heterocycles. The second-order valence-corrected chi connectivity index (χ2v) is 6.07. The van der Waals surface area contributed by atoms with E-state index >= 15 is 0 Å². The molecule has 1 aliphatic rings. The molecule has 24 heavy (non-hydrogen) atoms. The first kappa shape index (κ1) is 13.4. The van der Waals surface area contributed by atoms with Crippen molar-refractivity contribution in [2.45, 2.75) is 25.4 Å². The number of hydrogen-bond donors (Lipinski definition) is 1. The van der Waals surface area contributed by atoms with Crippen LogP contribution in [0.25, 0.3) is 22.2 Å². The molecule has 0 aliphatic heterocycles. The second kappa shape index (κ2) is 5.26. The zero-order valence-electron chi connectivity index (χ0n) is 13.1. The fourth-order valence-electron chi connectivity index (χ4n) is 3.08. The molecule has 1 aliphatic carbocycles. The van der Waals surface area contributed by atoms with Crippen molar-refractivity contribution < 1.29 is 0 Å². The van der Waals surface area contributed by atoms with E-state index in [1.807, 2.05) is 18.2 Å². The number of para-hydroxylation sites is 2. The van der Waals surface area contributed by atoms with Gasteiger partial charge in [0.05, 0.1) is 17.6 Å². The monoisotopic (exact) mass is 316 g/mol. The summed E-state index contributed by atoms with van der Waals surface area (Å²) in [6.07, 6.45) is 5.80. The molecule has 0 amide bonds. The molecule has 1 aromatic carbocycles. The molecule has 0 atom stereocenters. The number of nitrogens with zero attached hydrogens (tertiary/aromatic N) is 5. The summed E-state index contributed by atoms with van der Waals surface area (Å²) >= 11 is 0. The molecule has 118 valence electrons. The topological polar surface area (TPSA) is 68.5 Å². The van der Waals surface area contributed by atoms with E-state index in [1.165, 1.54) is 18.4 Å². The number of anilines is 1. The van der Waals surface area contributed by atoms with Gasteiger partial charge in [-0.3, -0.25) is 4.98 Å². The smallest absolute Gasteiger partial charge is 0.180 e. The van der Waals surface area contributed by atoms with Gasteiger partial charge in [-0.25, -0.2) is 15.0 Å². The lowest BCUT2D eigenvalue weighted by Crippen LogP contribution is -2.09. The SMILES string of the molecule is c1ccc2c(c1)nc(CNc1ccc3nccnc3n1)n2C1CC1. The quantitative estimate of drug-likeness (QED) is 0.625. The van der Waals surface area contributed by atoms with Crippen LogP contribution in [-0.4, -0.2) is 24.5 Å². The number of pyridine rings is 1. The van der Waals surface area contributed by atoms with Crippen LogP contribution < -0.4 is 5.32 Å². The van der Waals surface area contributed by atoms with Crippen LogP contribution in [0.2, 0.25) is 0 Å². The van der Waals surface area contributed by atoms with Gasteiger partial charge >= 0.3 is 0 Å². The maximum atomic E-state index is 4.80. The van der Waals surface area contributed by atoms with Gasteiger partial charge in [0.1, 0.15) is 17.2 Å². The third kappa shape index (κ3) is 2.27. The van der Waals surface area contributed by atoms with Crippen molar-refractivity contribution >= 4 is 28.0 Å². The second-order valence-electron chi connectivity index (χ2n) is 6.07. The minimum absolute atomic E-state index is 0.588. The number of aromatic nitrogens is 5. The highest BCUT2D eigenvalue weighted by Crippen LogP contribution is 2.38. The van der Waals surface area contributed by atoms with Crippen molar-refractivity contribution in [1.82, 2.24) is 24.5 Å². The molecule has 0 unspecified atom stereocenters. The molecular weight excluding hydrogens is 300 g/mol. The standard InChI is InChI=1S/C18H16N6/c1-2-4-15-13(3-1)22-17(24(15)12-5-6-12)11-21-16-8-7-14-18(23-16)20-10-9-19-14/h1-4,7-10,12H,5-6,11H2,(H,20,21,23). The van der Waals surface area contributed by atoms with E-state index in [0.29, 0.717) is 18.2 Å². The molecule has 0 bridgehead atoms. The fourth-order valence-corrected chi connectivity index (χ4v) is 3.08. The van der Waals surface area contributed by atoms with E-state index in [-0.39, 0.29) is 0 Å². The minimum Gasteiger partial charge on any atom is -0.363 e. The molecule has 1 N–H and O–H groups in total. The molecular formula is C18H16N6. The van der Waals surface area contributed by atoms with Crippen molar-refractivity contribution in [1.29, 1.82) is 0 Å². The maximum Gasteiger partial charge on any atom is 0.180 e. The lowest BCUT2D eigenvalue weighted by atomic mass is 10.3. The van der Waals surface area contributed by atoms with Gasteiger partial charge in [0.2, 0.25) is 0 Å². The lowest BCUT2D eigenvalue weighted by molar-refractivity contribution is 0.710. The average molecular weight is 316 g/mol. The van der Waals surface area contributed by atoms with E-state index in [1.54, 1.807) is 12.4 Å². The Kier molecular flexibility index (Phi) is 2.94. The summed E-state index contributed by atoms with van der Waals surface area (Å²) in [4.78, 5) is 17.8. The number of imidazole rings is 1. The minimum atomic E-state index is 0.588. The number of benzene rings is 1. The van der Waals surface area contributed by atoms with Gasteiger partial charge in [0.25, 0.3) is 0 Å². The van der Waals surface area contributed by atoms with E-state index in [0.717, 1.165) is 22.7 Å². The largest absolute Gasteiger partial charge is 0.363 e. The highest BCUT2D eigenvalue weighted by Gasteiger charge is 2.27. The average Bonchev–Trinajstić information content (AvgIpc) is 3.40. The van der Waals surface area contributed by atoms with Crippen molar-refractivity contribution in [3.05, 3.63) is 54.6 Å². The van der Waals surface area contributed by atoms with Crippen molar-refractivity contribution in [2.75, 3.05) is 5.32 Å². The fraction of sp³-hybridized carbons (Fsp3) is 0.222. The van der Waals surface area contributed by atoms with Gasteiger partial charge in [0.15, 0.2) is 5.65 Å². The third-order valence-corrected chi connectivity index (χ3v) is 4.34. The number of fused-ring (bicyclic) bond motifs is 2. The van der Waals surface area contributed by atoms with Crippen LogP contribution in [0.15, 0.2) is 48.8 Å². The summed E-state index contributed by atoms with van der Waals surface area (Å²) in [5.41, 5.74) is 3.72. The summed E-state index contributed by atoms with van der Waals surface area (Å²) in [6, 6.07) is 12.8. The molecule has 0 saturated heterocycles. The lowest BCUT2D eigenvalue weighted by Gasteiger charge is -2.09. The predicted molar refractivity (Wildman–Crippen MR) is 92.7 cm³/mol. The zero-order chi connectivity index (χ0) is 15.9. The summed E-state index contributed by atoms with van der Waals surface area (Å²) in [5.74, 6) is 1.84. The molecule has 0 spiro atoms. The molecule has 6 nitrogen and oxygen atoms in total. The molecule has 0 radical (unpaired) electrons. The van der Waals surface area contributed by atoms with E-state index in [4.69, 9.17) is 4.98 Å². The normalized spacial score (nSPS) is 14.3. The van der Waals surface area contributed by atoms with Crippen LogP contribution >= 0.6 is 0 Å². The van der Waals surface area contributed by atoms with Gasteiger partial charge in [-0.2, -0.15) is 0 Å². The van der Waals surface area contributed by atoms with Gasteiger partial charge in [0, 0.05) is 18.4 Å². The molecule has 1 fully saturated rings. The molecule has 1 saturated carbocycles. The summed E-state index contributed by atoms with van der Waals surface area (Å²) in [5, 5.41) is 3.37. The number of nitrogens with one attached hydrogen (secondary N) is 1. The Morgan fingerprint density at radius 3 is 2.75 bits per heavy atom. The summed E-state index contributed by atoms with van der Waals surface area (Å²) < 4.78 is 2.36. The summed E-state index contributed by atoms with van der Waals surface area (Å²) in [7, 11) is 0. The molecule has 4 aromatic rings. The van der Waals surface area contributed by atoms with Crippen LogP contribution in [0.3, 0.4) is 0 Å². The predicted octanol–water partition coefficient (Wildman–Crippen LogP) is 3.32. The first-order chi connectivity index (χ1) is 11.9. The molecule has 6 heteroatoms. The highest BCUT2D eigenvalue weighted by atomic mass is 15.2. The Labute approximate surface area is 138 Å². The van der Waals surface area contributed by atoms with E-state index in [2.05, 4.69) is 43.0 Å². The first-order valence-electron chi connectivity index (χ1n) is 8.16. The Morgan fingerprint density at radius 1 is 0.958 bits per heavy atom. The van der Waals surface area contributed by atoms with Crippen molar-refractivity contribution in [3.8, 4) is 0 Å². The number of hydrogen-bond acceptors (Lipinski definition) is 5. The Morgan fingerprint density at radius 2 is 1.83 bits per heavy atom. The van der Waals surface area contributed by atoms with Crippen LogP contribution in [0.1, 0.15) is 24.7 Å². The van der Waals surface area contributed by atoms with Crippen LogP contribution in [0.5, 0.6) is 0 Å². The van der Waals surface area contributed by atoms with Gasteiger partial charge in [-0.1, -0.05) is 12.1 Å². The highest BCUT2D eigenvalue weighted by molar-refractivity contribution is 5.76. The molecule has 5 rings (SSSR count). The first-order valence-corrected chi connectivity index (χ1v) is 8.16. The van der Waals surface area contributed by atoms with Crippen LogP contribution in [0, 0.1) is 0 Å². The van der Waals surface area contributed by atoms with Crippen LogP contribution in [-0.2, 0) is 6.54 Å². The zero-order valence-corrected chi connectivity index (χ0v) is 13.1. The van der Waals surface area contributed by atoms with Gasteiger partial charge in [-0.15, -0.1) is 0 Å². The maximum absolute atomic E-state index is 4.80. The Hall–Kier alpha value is -3.02. The van der Waals surface area contributed by atoms with Crippen molar-refractivity contribution in [3.63, 3.8) is 0 Å². The van der Waals surface area contributed by atoms with E-state index in [9.17, 15) is 0 Å². The van der Waals surface area contributed by atoms with E-state index < -0.39 is 0 Å². The van der Waals surface area contributed by atoms with Gasteiger partial charge < -0.3 is 9.88 Å². The van der Waals surface area contributed by atoms with Gasteiger partial charge in [-0.05, 0) is 37.1 Å². The number of rotatable bonds is 4. The molecule has 3 aromatic heterocycles. The van der Waals surface area contributed by atoms with Crippen molar-refractivity contribution in [2.24, 2.45) is 0 Å². The summed E-state index contributed by atoms with van der Waals surface area (Å²) in [6.45, 7) is 0.643. The Bertz CT molecular complexity index is 1030. The van der Waals surface area contributed by atoms with Crippen LogP contribution in [0.4, 0.5) is 5.82 Å². The third-order valence-electron chi connectivity index (χ3n) is 4.34. The Balaban J connectivity index is 1.46.